The van der Waals surface area contributed by atoms with Gasteiger partial charge in [0.05, 0.1) is 18.3 Å². The number of ether oxygens (including phenoxy) is 1. The molecule has 1 aliphatic heterocycles. The number of benzene rings is 1. The molecule has 1 saturated heterocycles. The molecule has 0 aliphatic carbocycles. The summed E-state index contributed by atoms with van der Waals surface area (Å²) in [7, 11) is 0. The number of rotatable bonds is 2. The van der Waals surface area contributed by atoms with Gasteiger partial charge >= 0.3 is 0 Å². The maximum Gasteiger partial charge on any atom is 0.0923 e. The first-order valence-electron chi connectivity index (χ1n) is 5.62. The molecule has 1 aromatic carbocycles. The summed E-state index contributed by atoms with van der Waals surface area (Å²) in [4.78, 5) is 0. The van der Waals surface area contributed by atoms with Crippen molar-refractivity contribution in [2.45, 2.75) is 12.5 Å². The monoisotopic (exact) mass is 214 g/mol. The first-order chi connectivity index (χ1) is 7.93. The van der Waals surface area contributed by atoms with E-state index in [1.807, 2.05) is 29.1 Å². The standard InChI is InChI=1S/C13H14N2O/c1-2-4-11(5-3-1)13-6-8-15(14-13)12-7-9-16-10-12/h1-6,8,12H,7,9-10H2/t12-/m0/s1. The van der Waals surface area contributed by atoms with Crippen LogP contribution >= 0.6 is 0 Å². The Morgan fingerprint density at radius 1 is 1.19 bits per heavy atom. The Labute approximate surface area is 94.7 Å². The maximum atomic E-state index is 5.37. The van der Waals surface area contributed by atoms with Crippen molar-refractivity contribution in [3.05, 3.63) is 42.6 Å². The van der Waals surface area contributed by atoms with Crippen LogP contribution in [0.25, 0.3) is 11.3 Å². The predicted octanol–water partition coefficient (Wildman–Crippen LogP) is 2.51. The van der Waals surface area contributed by atoms with E-state index in [-0.39, 0.29) is 0 Å². The molecule has 1 aliphatic rings. The summed E-state index contributed by atoms with van der Waals surface area (Å²) in [6, 6.07) is 12.7. The van der Waals surface area contributed by atoms with E-state index in [2.05, 4.69) is 23.3 Å². The molecule has 0 bridgehead atoms. The molecule has 0 N–H and O–H groups in total. The Balaban J connectivity index is 1.87. The Morgan fingerprint density at radius 3 is 2.81 bits per heavy atom. The van der Waals surface area contributed by atoms with Crippen LogP contribution < -0.4 is 0 Å². The Kier molecular flexibility index (Phi) is 2.46. The molecule has 0 unspecified atom stereocenters. The normalized spacial score (nSPS) is 20.1. The Hall–Kier alpha value is -1.61. The lowest BCUT2D eigenvalue weighted by molar-refractivity contribution is 0.184. The molecule has 16 heavy (non-hydrogen) atoms. The minimum atomic E-state index is 0.414. The topological polar surface area (TPSA) is 27.1 Å². The second-order valence-electron chi connectivity index (χ2n) is 4.06. The number of nitrogens with zero attached hydrogens (tertiary/aromatic N) is 2. The van der Waals surface area contributed by atoms with Crippen LogP contribution in [0.4, 0.5) is 0 Å². The summed E-state index contributed by atoms with van der Waals surface area (Å²) < 4.78 is 7.39. The van der Waals surface area contributed by atoms with Gasteiger partial charge in [-0.25, -0.2) is 0 Å². The number of aromatic nitrogens is 2. The fourth-order valence-corrected chi connectivity index (χ4v) is 2.03. The zero-order valence-corrected chi connectivity index (χ0v) is 9.04. The average Bonchev–Trinajstić information content (AvgIpc) is 3.01. The van der Waals surface area contributed by atoms with Gasteiger partial charge in [0, 0.05) is 18.4 Å². The fraction of sp³-hybridized carbons (Fsp3) is 0.308. The largest absolute Gasteiger partial charge is 0.379 e. The van der Waals surface area contributed by atoms with Crippen LogP contribution in [-0.2, 0) is 4.74 Å². The zero-order chi connectivity index (χ0) is 10.8. The minimum Gasteiger partial charge on any atom is -0.379 e. The fourth-order valence-electron chi connectivity index (χ4n) is 2.03. The highest BCUT2D eigenvalue weighted by Crippen LogP contribution is 2.21. The van der Waals surface area contributed by atoms with E-state index in [1.165, 1.54) is 5.56 Å². The van der Waals surface area contributed by atoms with Crippen LogP contribution in [0.2, 0.25) is 0 Å². The number of hydrogen-bond acceptors (Lipinski definition) is 2. The number of hydrogen-bond donors (Lipinski definition) is 0. The third kappa shape index (κ3) is 1.74. The molecule has 3 nitrogen and oxygen atoms in total. The smallest absolute Gasteiger partial charge is 0.0923 e. The SMILES string of the molecule is c1ccc(-c2ccn([C@H]3CCOC3)n2)cc1. The first-order valence-corrected chi connectivity index (χ1v) is 5.62. The highest BCUT2D eigenvalue weighted by molar-refractivity contribution is 5.57. The van der Waals surface area contributed by atoms with Crippen molar-refractivity contribution in [2.24, 2.45) is 0 Å². The lowest BCUT2D eigenvalue weighted by atomic mass is 10.2. The zero-order valence-electron chi connectivity index (χ0n) is 9.04. The Morgan fingerprint density at radius 2 is 2.06 bits per heavy atom. The maximum absolute atomic E-state index is 5.37. The summed E-state index contributed by atoms with van der Waals surface area (Å²) >= 11 is 0. The van der Waals surface area contributed by atoms with E-state index in [1.54, 1.807) is 0 Å². The quantitative estimate of drug-likeness (QED) is 0.768. The molecule has 0 saturated carbocycles. The van der Waals surface area contributed by atoms with Crippen LogP contribution in [0.3, 0.4) is 0 Å². The van der Waals surface area contributed by atoms with Gasteiger partial charge in [-0.1, -0.05) is 30.3 Å². The molecular weight excluding hydrogens is 200 g/mol. The van der Waals surface area contributed by atoms with E-state index in [0.717, 1.165) is 25.3 Å². The van der Waals surface area contributed by atoms with Crippen LogP contribution in [0.5, 0.6) is 0 Å². The first kappa shape index (κ1) is 9.60. The highest BCUT2D eigenvalue weighted by Gasteiger charge is 2.18. The molecule has 2 heterocycles. The molecule has 0 spiro atoms. The molecule has 3 rings (SSSR count). The third-order valence-corrected chi connectivity index (χ3v) is 2.96. The van der Waals surface area contributed by atoms with Crippen LogP contribution in [0.1, 0.15) is 12.5 Å². The summed E-state index contributed by atoms with van der Waals surface area (Å²) in [5.74, 6) is 0. The van der Waals surface area contributed by atoms with Gasteiger partial charge in [0.2, 0.25) is 0 Å². The molecule has 3 heteroatoms. The van der Waals surface area contributed by atoms with Crippen LogP contribution in [0.15, 0.2) is 42.6 Å². The van der Waals surface area contributed by atoms with Crippen molar-refractivity contribution in [1.82, 2.24) is 9.78 Å². The lowest BCUT2D eigenvalue weighted by Crippen LogP contribution is -2.08. The van der Waals surface area contributed by atoms with Crippen molar-refractivity contribution in [2.75, 3.05) is 13.2 Å². The summed E-state index contributed by atoms with van der Waals surface area (Å²) in [5, 5.41) is 4.60. The second kappa shape index (κ2) is 4.10. The van der Waals surface area contributed by atoms with Gasteiger partial charge in [-0.2, -0.15) is 5.10 Å². The van der Waals surface area contributed by atoms with Gasteiger partial charge in [-0.05, 0) is 12.5 Å². The van der Waals surface area contributed by atoms with Gasteiger partial charge in [-0.3, -0.25) is 4.68 Å². The van der Waals surface area contributed by atoms with Gasteiger partial charge in [0.15, 0.2) is 0 Å². The van der Waals surface area contributed by atoms with Gasteiger partial charge in [0.1, 0.15) is 0 Å². The van der Waals surface area contributed by atoms with Crippen molar-refractivity contribution in [1.29, 1.82) is 0 Å². The molecule has 2 aromatic rings. The predicted molar refractivity (Wildman–Crippen MR) is 62.1 cm³/mol. The molecule has 0 amide bonds. The van der Waals surface area contributed by atoms with Gasteiger partial charge in [0.25, 0.3) is 0 Å². The molecular formula is C13H14N2O. The van der Waals surface area contributed by atoms with Crippen molar-refractivity contribution < 1.29 is 4.74 Å². The molecule has 1 aromatic heterocycles. The van der Waals surface area contributed by atoms with E-state index >= 15 is 0 Å². The molecule has 82 valence electrons. The molecule has 0 radical (unpaired) electrons. The molecule has 1 atom stereocenters. The van der Waals surface area contributed by atoms with Gasteiger partial charge < -0.3 is 4.74 Å². The van der Waals surface area contributed by atoms with E-state index in [0.29, 0.717) is 6.04 Å². The second-order valence-corrected chi connectivity index (χ2v) is 4.06. The van der Waals surface area contributed by atoms with Crippen LogP contribution in [0, 0.1) is 0 Å². The van der Waals surface area contributed by atoms with Crippen molar-refractivity contribution >= 4 is 0 Å². The third-order valence-electron chi connectivity index (χ3n) is 2.96. The lowest BCUT2D eigenvalue weighted by Gasteiger charge is -2.07. The molecule has 1 fully saturated rings. The Bertz CT molecular complexity index is 458. The van der Waals surface area contributed by atoms with Gasteiger partial charge in [-0.15, -0.1) is 0 Å². The van der Waals surface area contributed by atoms with E-state index in [9.17, 15) is 0 Å². The summed E-state index contributed by atoms with van der Waals surface area (Å²) in [5.41, 5.74) is 2.20. The average molecular weight is 214 g/mol. The summed E-state index contributed by atoms with van der Waals surface area (Å²) in [6.07, 6.45) is 3.11. The van der Waals surface area contributed by atoms with Crippen molar-refractivity contribution in [3.8, 4) is 11.3 Å². The summed E-state index contributed by atoms with van der Waals surface area (Å²) in [6.45, 7) is 1.64. The van der Waals surface area contributed by atoms with Crippen LogP contribution in [-0.4, -0.2) is 23.0 Å². The minimum absolute atomic E-state index is 0.414. The van der Waals surface area contributed by atoms with E-state index in [4.69, 9.17) is 4.74 Å². The highest BCUT2D eigenvalue weighted by atomic mass is 16.5. The van der Waals surface area contributed by atoms with E-state index < -0.39 is 0 Å². The van der Waals surface area contributed by atoms with Crippen molar-refractivity contribution in [3.63, 3.8) is 0 Å².